The van der Waals surface area contributed by atoms with Crippen molar-refractivity contribution in [3.63, 3.8) is 0 Å². The second kappa shape index (κ2) is 8.27. The van der Waals surface area contributed by atoms with Crippen molar-refractivity contribution in [2.75, 3.05) is 11.9 Å². The van der Waals surface area contributed by atoms with Gasteiger partial charge in [0, 0.05) is 29.4 Å². The maximum absolute atomic E-state index is 15.0. The van der Waals surface area contributed by atoms with E-state index in [-0.39, 0.29) is 41.1 Å². The van der Waals surface area contributed by atoms with Crippen molar-refractivity contribution in [2.24, 2.45) is 16.6 Å². The summed E-state index contributed by atoms with van der Waals surface area (Å²) in [6, 6.07) is 3.87. The van der Waals surface area contributed by atoms with Gasteiger partial charge in [0.05, 0.1) is 22.0 Å². The van der Waals surface area contributed by atoms with Crippen LogP contribution in [0.4, 0.5) is 29.1 Å². The molecule has 0 spiro atoms. The molecule has 0 amide bonds. The highest BCUT2D eigenvalue weighted by Crippen LogP contribution is 2.68. The normalized spacial score (nSPS) is 25.1. The summed E-state index contributed by atoms with van der Waals surface area (Å²) < 4.78 is 61.2. The Bertz CT molecular complexity index is 1410. The largest absolute Gasteiger partial charge is 0.463 e. The van der Waals surface area contributed by atoms with Gasteiger partial charge in [-0.15, -0.1) is 6.42 Å². The minimum atomic E-state index is -2.69. The van der Waals surface area contributed by atoms with Crippen LogP contribution in [-0.4, -0.2) is 37.9 Å². The van der Waals surface area contributed by atoms with Crippen LogP contribution in [0.1, 0.15) is 18.9 Å². The van der Waals surface area contributed by atoms with Crippen LogP contribution in [0.2, 0.25) is 0 Å². The number of benzene rings is 1. The fourth-order valence-electron chi connectivity index (χ4n) is 4.48. The summed E-state index contributed by atoms with van der Waals surface area (Å²) in [5.41, 5.74) is 5.10. The number of nitrogens with one attached hydrogen (secondary N) is 1. The smallest absolute Gasteiger partial charge is 0.253 e. The van der Waals surface area contributed by atoms with E-state index in [0.717, 1.165) is 17.8 Å². The molecule has 35 heavy (non-hydrogen) atoms. The van der Waals surface area contributed by atoms with E-state index in [9.17, 15) is 13.2 Å². The zero-order valence-electron chi connectivity index (χ0n) is 18.2. The fraction of sp³-hybridized carbons (Fsp3) is 0.304. The van der Waals surface area contributed by atoms with Gasteiger partial charge in [0.2, 0.25) is 5.88 Å². The fourth-order valence-corrected chi connectivity index (χ4v) is 5.81. The predicted octanol–water partition coefficient (Wildman–Crippen LogP) is 4.36. The molecule has 12 heteroatoms. The molecule has 1 aliphatic carbocycles. The standard InChI is InChI=1S/C23H18F4N6OS/c1-3-6-34-16-10-30-18-14(32-16)4-5-29-19(18)31-11-7-12(17(25)13(24)8-11)22(2)15-9-23(15,20(26)27)35-21(28)33-22/h1,4-5,7-8,10,15,20H,6,9H2,2H3,(H2,28,33)(H,29,31)/t15-,22-,23-/m0/s1. The molecule has 3 atom stereocenters. The molecule has 3 N–H and O–H groups in total. The Morgan fingerprint density at radius 1 is 1.34 bits per heavy atom. The summed E-state index contributed by atoms with van der Waals surface area (Å²) in [4.78, 5) is 17.1. The van der Waals surface area contributed by atoms with E-state index in [4.69, 9.17) is 16.9 Å². The number of amidine groups is 1. The van der Waals surface area contributed by atoms with Gasteiger partial charge in [0.15, 0.2) is 29.2 Å². The molecule has 3 heterocycles. The zero-order chi connectivity index (χ0) is 25.0. The Balaban J connectivity index is 1.53. The molecule has 1 saturated carbocycles. The summed E-state index contributed by atoms with van der Waals surface area (Å²) in [6.45, 7) is 1.52. The highest BCUT2D eigenvalue weighted by molar-refractivity contribution is 8.15. The third-order valence-electron chi connectivity index (χ3n) is 6.22. The molecular formula is C23H18F4N6OS. The first kappa shape index (κ1) is 23.2. The summed E-state index contributed by atoms with van der Waals surface area (Å²) >= 11 is 0.792. The quantitative estimate of drug-likeness (QED) is 0.382. The van der Waals surface area contributed by atoms with Gasteiger partial charge in [-0.25, -0.2) is 32.5 Å². The molecule has 5 rings (SSSR count). The Hall–Kier alpha value is -3.59. The molecule has 0 saturated heterocycles. The number of aliphatic imine (C=N–C) groups is 1. The number of ether oxygens (including phenoxy) is 1. The third-order valence-corrected chi connectivity index (χ3v) is 7.52. The maximum atomic E-state index is 15.0. The van der Waals surface area contributed by atoms with Gasteiger partial charge in [-0.05, 0) is 25.5 Å². The lowest BCUT2D eigenvalue weighted by Gasteiger charge is -2.34. The number of hydrogen-bond acceptors (Lipinski definition) is 8. The van der Waals surface area contributed by atoms with E-state index < -0.39 is 34.3 Å². The summed E-state index contributed by atoms with van der Waals surface area (Å²) in [6.07, 6.45) is 5.39. The van der Waals surface area contributed by atoms with Crippen molar-refractivity contribution < 1.29 is 22.3 Å². The summed E-state index contributed by atoms with van der Waals surface area (Å²) in [5.74, 6) is -0.282. The van der Waals surface area contributed by atoms with Crippen LogP contribution < -0.4 is 15.8 Å². The van der Waals surface area contributed by atoms with Crippen molar-refractivity contribution in [3.05, 3.63) is 47.8 Å². The Labute approximate surface area is 201 Å². The summed E-state index contributed by atoms with van der Waals surface area (Å²) in [7, 11) is 0. The van der Waals surface area contributed by atoms with E-state index in [1.165, 1.54) is 25.4 Å². The number of aromatic nitrogens is 3. The maximum Gasteiger partial charge on any atom is 0.253 e. The molecule has 0 radical (unpaired) electrons. The molecule has 7 nitrogen and oxygen atoms in total. The number of alkyl halides is 2. The zero-order valence-corrected chi connectivity index (χ0v) is 19.0. The number of anilines is 2. The number of pyridine rings is 1. The van der Waals surface area contributed by atoms with Crippen molar-refractivity contribution >= 4 is 39.5 Å². The van der Waals surface area contributed by atoms with Gasteiger partial charge in [-0.3, -0.25) is 4.99 Å². The Morgan fingerprint density at radius 3 is 2.89 bits per heavy atom. The number of nitrogens with two attached hydrogens (primary N) is 1. The van der Waals surface area contributed by atoms with Crippen LogP contribution in [-0.2, 0) is 5.54 Å². The highest BCUT2D eigenvalue weighted by Gasteiger charge is 2.71. The van der Waals surface area contributed by atoms with Crippen molar-refractivity contribution in [1.82, 2.24) is 15.0 Å². The van der Waals surface area contributed by atoms with Crippen molar-refractivity contribution in [1.29, 1.82) is 0 Å². The second-order valence-corrected chi connectivity index (χ2v) is 9.77. The van der Waals surface area contributed by atoms with Crippen LogP contribution in [0.15, 0.2) is 35.6 Å². The number of hydrogen-bond donors (Lipinski definition) is 2. The molecule has 1 fully saturated rings. The van der Waals surface area contributed by atoms with E-state index in [1.807, 2.05) is 0 Å². The SMILES string of the molecule is C#CCOc1cnc2c(Nc3cc(F)c(F)c([C@]4(C)N=C(N)S[C@@]5(C(F)F)C[C@@H]45)c3)nccc2n1. The average molecular weight is 502 g/mol. The molecule has 2 aromatic heterocycles. The summed E-state index contributed by atoms with van der Waals surface area (Å²) in [5, 5.41) is 2.83. The number of nitrogens with zero attached hydrogens (tertiary/aromatic N) is 4. The first-order chi connectivity index (χ1) is 16.7. The van der Waals surface area contributed by atoms with Crippen LogP contribution in [0.25, 0.3) is 11.0 Å². The monoisotopic (exact) mass is 502 g/mol. The van der Waals surface area contributed by atoms with Crippen molar-refractivity contribution in [3.8, 4) is 18.2 Å². The molecule has 1 aliphatic heterocycles. The van der Waals surface area contributed by atoms with Gasteiger partial charge in [-0.2, -0.15) is 0 Å². The van der Waals surface area contributed by atoms with Gasteiger partial charge in [0.25, 0.3) is 6.43 Å². The first-order valence-corrected chi connectivity index (χ1v) is 11.3. The van der Waals surface area contributed by atoms with E-state index in [1.54, 1.807) is 6.07 Å². The van der Waals surface area contributed by atoms with Crippen LogP contribution >= 0.6 is 11.8 Å². The number of thioether (sulfide) groups is 1. The molecule has 0 bridgehead atoms. The lowest BCUT2D eigenvalue weighted by atomic mass is 9.85. The molecule has 3 aromatic rings. The molecule has 2 aliphatic rings. The third kappa shape index (κ3) is 3.80. The van der Waals surface area contributed by atoms with Gasteiger partial charge in [0.1, 0.15) is 5.52 Å². The van der Waals surface area contributed by atoms with Crippen molar-refractivity contribution in [2.45, 2.75) is 30.1 Å². The minimum Gasteiger partial charge on any atom is -0.463 e. The topological polar surface area (TPSA) is 98.3 Å². The first-order valence-electron chi connectivity index (χ1n) is 10.4. The van der Waals surface area contributed by atoms with E-state index >= 15 is 4.39 Å². The molecular weight excluding hydrogens is 484 g/mol. The number of halogens is 4. The number of terminal acetylenes is 1. The second-order valence-electron chi connectivity index (χ2n) is 8.38. The Morgan fingerprint density at radius 2 is 2.14 bits per heavy atom. The minimum absolute atomic E-state index is 0.0200. The average Bonchev–Trinajstić information content (AvgIpc) is 3.57. The van der Waals surface area contributed by atoms with Crippen LogP contribution in [0.5, 0.6) is 5.88 Å². The van der Waals surface area contributed by atoms with E-state index in [0.29, 0.717) is 11.0 Å². The number of rotatable bonds is 6. The number of fused-ring (bicyclic) bond motifs is 2. The van der Waals surface area contributed by atoms with Crippen LogP contribution in [0, 0.1) is 29.9 Å². The molecule has 1 aromatic carbocycles. The Kier molecular flexibility index (Phi) is 5.47. The van der Waals surface area contributed by atoms with Gasteiger partial charge in [-0.1, -0.05) is 17.7 Å². The lowest BCUT2D eigenvalue weighted by Crippen LogP contribution is -2.39. The van der Waals surface area contributed by atoms with Crippen LogP contribution in [0.3, 0.4) is 0 Å². The van der Waals surface area contributed by atoms with Gasteiger partial charge < -0.3 is 15.8 Å². The molecule has 180 valence electrons. The highest BCUT2D eigenvalue weighted by atomic mass is 32.2. The lowest BCUT2D eigenvalue weighted by molar-refractivity contribution is 0.123. The van der Waals surface area contributed by atoms with E-state index in [2.05, 4.69) is 31.2 Å². The van der Waals surface area contributed by atoms with Gasteiger partial charge >= 0.3 is 0 Å². The molecule has 0 unspecified atom stereocenters. The predicted molar refractivity (Wildman–Crippen MR) is 125 cm³/mol.